The van der Waals surface area contributed by atoms with Crippen LogP contribution in [0.15, 0.2) is 36.7 Å². The molecule has 4 heteroatoms. The van der Waals surface area contributed by atoms with E-state index in [1.807, 2.05) is 26.0 Å². The third-order valence-electron chi connectivity index (χ3n) is 2.90. The van der Waals surface area contributed by atoms with Crippen molar-refractivity contribution in [1.29, 1.82) is 0 Å². The number of carbonyl (C=O) groups is 1. The van der Waals surface area contributed by atoms with Crippen LogP contribution < -0.4 is 4.74 Å². The first-order chi connectivity index (χ1) is 9.72. The van der Waals surface area contributed by atoms with Gasteiger partial charge in [-0.2, -0.15) is 0 Å². The Kier molecular flexibility index (Phi) is 4.82. The molecule has 0 aliphatic carbocycles. The number of aryl methyl sites for hydroxylation is 1. The third kappa shape index (κ3) is 3.63. The molecule has 0 N–H and O–H groups in total. The monoisotopic (exact) mass is 270 g/mol. The minimum atomic E-state index is -0.202. The molecule has 0 fully saturated rings. The Morgan fingerprint density at radius 1 is 1.10 bits per heavy atom. The van der Waals surface area contributed by atoms with Gasteiger partial charge >= 0.3 is 5.97 Å². The molecule has 0 saturated carbocycles. The number of hydrogen-bond donors (Lipinski definition) is 0. The van der Waals surface area contributed by atoms with E-state index in [-0.39, 0.29) is 5.97 Å². The lowest BCUT2D eigenvalue weighted by molar-refractivity contribution is -0.134. The van der Waals surface area contributed by atoms with Crippen LogP contribution in [0, 0.1) is 0 Å². The van der Waals surface area contributed by atoms with Gasteiger partial charge in [-0.1, -0.05) is 13.8 Å². The van der Waals surface area contributed by atoms with Gasteiger partial charge in [0.2, 0.25) is 0 Å². The predicted octanol–water partition coefficient (Wildman–Crippen LogP) is 3.41. The number of rotatable bonds is 5. The fourth-order valence-corrected chi connectivity index (χ4v) is 1.77. The van der Waals surface area contributed by atoms with E-state index in [4.69, 9.17) is 4.74 Å². The number of esters is 1. The number of hydrogen-bond acceptors (Lipinski definition) is 4. The van der Waals surface area contributed by atoms with Crippen molar-refractivity contribution < 1.29 is 9.53 Å². The van der Waals surface area contributed by atoms with Crippen molar-refractivity contribution in [2.45, 2.75) is 33.1 Å². The van der Waals surface area contributed by atoms with Crippen molar-refractivity contribution in [2.75, 3.05) is 0 Å². The van der Waals surface area contributed by atoms with E-state index in [1.165, 1.54) is 0 Å². The second kappa shape index (κ2) is 6.80. The number of ether oxygens (including phenoxy) is 1. The Hall–Kier alpha value is -2.23. The summed E-state index contributed by atoms with van der Waals surface area (Å²) in [6, 6.07) is 7.31. The van der Waals surface area contributed by atoms with Crippen molar-refractivity contribution in [3.8, 4) is 17.0 Å². The summed E-state index contributed by atoms with van der Waals surface area (Å²) in [6.07, 6.45) is 5.64. The SMILES string of the molecule is CCCC(=O)Oc1ccc(-c2cnc(CC)cn2)cc1. The molecule has 2 aromatic rings. The zero-order valence-electron chi connectivity index (χ0n) is 11.8. The fraction of sp³-hybridized carbons (Fsp3) is 0.312. The van der Waals surface area contributed by atoms with Crippen LogP contribution >= 0.6 is 0 Å². The molecule has 0 aliphatic rings. The normalized spacial score (nSPS) is 10.3. The molecule has 0 saturated heterocycles. The first-order valence-electron chi connectivity index (χ1n) is 6.85. The molecule has 4 nitrogen and oxygen atoms in total. The standard InChI is InChI=1S/C16H18N2O2/c1-3-5-16(19)20-14-8-6-12(7-9-14)15-11-17-13(4-2)10-18-15/h6-11H,3-5H2,1-2H3. The molecule has 0 spiro atoms. The van der Waals surface area contributed by atoms with Gasteiger partial charge in [-0.3, -0.25) is 14.8 Å². The maximum atomic E-state index is 11.4. The lowest BCUT2D eigenvalue weighted by atomic mass is 10.1. The Morgan fingerprint density at radius 2 is 1.85 bits per heavy atom. The maximum absolute atomic E-state index is 11.4. The molecule has 1 aromatic heterocycles. The zero-order valence-corrected chi connectivity index (χ0v) is 11.8. The van der Waals surface area contributed by atoms with Crippen LogP contribution in [-0.2, 0) is 11.2 Å². The average molecular weight is 270 g/mol. The smallest absolute Gasteiger partial charge is 0.311 e. The molecule has 104 valence electrons. The van der Waals surface area contributed by atoms with Crippen molar-refractivity contribution >= 4 is 5.97 Å². The van der Waals surface area contributed by atoms with Crippen LogP contribution in [0.1, 0.15) is 32.4 Å². The summed E-state index contributed by atoms with van der Waals surface area (Å²) in [5, 5.41) is 0. The van der Waals surface area contributed by atoms with Gasteiger partial charge in [0.25, 0.3) is 0 Å². The molecule has 2 rings (SSSR count). The molecule has 0 bridgehead atoms. The Labute approximate surface area is 118 Å². The molecule has 1 heterocycles. The van der Waals surface area contributed by atoms with Crippen molar-refractivity contribution in [3.05, 3.63) is 42.4 Å². The highest BCUT2D eigenvalue weighted by Gasteiger charge is 2.05. The van der Waals surface area contributed by atoms with Crippen LogP contribution in [-0.4, -0.2) is 15.9 Å². The summed E-state index contributed by atoms with van der Waals surface area (Å²) in [6.45, 7) is 3.99. The van der Waals surface area contributed by atoms with Crippen LogP contribution in [0.25, 0.3) is 11.3 Å². The van der Waals surface area contributed by atoms with Gasteiger partial charge in [-0.25, -0.2) is 0 Å². The van der Waals surface area contributed by atoms with Crippen LogP contribution in [0.3, 0.4) is 0 Å². The largest absolute Gasteiger partial charge is 0.427 e. The van der Waals surface area contributed by atoms with Crippen LogP contribution in [0.4, 0.5) is 0 Å². The number of benzene rings is 1. The van der Waals surface area contributed by atoms with Gasteiger partial charge in [0.05, 0.1) is 17.6 Å². The first-order valence-corrected chi connectivity index (χ1v) is 6.85. The Balaban J connectivity index is 2.08. The second-order valence-corrected chi connectivity index (χ2v) is 4.49. The van der Waals surface area contributed by atoms with E-state index >= 15 is 0 Å². The molecular formula is C16H18N2O2. The van der Waals surface area contributed by atoms with Crippen LogP contribution in [0.2, 0.25) is 0 Å². The van der Waals surface area contributed by atoms with Crippen molar-refractivity contribution in [1.82, 2.24) is 9.97 Å². The molecule has 1 aromatic carbocycles. The highest BCUT2D eigenvalue weighted by atomic mass is 16.5. The molecule has 20 heavy (non-hydrogen) atoms. The average Bonchev–Trinajstić information content (AvgIpc) is 2.48. The lowest BCUT2D eigenvalue weighted by Gasteiger charge is -2.05. The number of carbonyl (C=O) groups excluding carboxylic acids is 1. The van der Waals surface area contributed by atoms with Gasteiger partial charge in [-0.15, -0.1) is 0 Å². The minimum Gasteiger partial charge on any atom is -0.427 e. The summed E-state index contributed by atoms with van der Waals surface area (Å²) < 4.78 is 5.21. The summed E-state index contributed by atoms with van der Waals surface area (Å²) in [5.74, 6) is 0.359. The fourth-order valence-electron chi connectivity index (χ4n) is 1.77. The zero-order chi connectivity index (χ0) is 14.4. The van der Waals surface area contributed by atoms with E-state index in [2.05, 4.69) is 9.97 Å². The maximum Gasteiger partial charge on any atom is 0.311 e. The van der Waals surface area contributed by atoms with E-state index in [1.54, 1.807) is 24.5 Å². The highest BCUT2D eigenvalue weighted by molar-refractivity contribution is 5.72. The van der Waals surface area contributed by atoms with Gasteiger partial charge in [0, 0.05) is 18.2 Å². The van der Waals surface area contributed by atoms with Crippen LogP contribution in [0.5, 0.6) is 5.75 Å². The summed E-state index contributed by atoms with van der Waals surface area (Å²) in [4.78, 5) is 20.1. The lowest BCUT2D eigenvalue weighted by Crippen LogP contribution is -2.06. The van der Waals surface area contributed by atoms with Gasteiger partial charge in [-0.05, 0) is 37.1 Å². The Morgan fingerprint density at radius 3 is 2.40 bits per heavy atom. The van der Waals surface area contributed by atoms with E-state index in [0.29, 0.717) is 12.2 Å². The summed E-state index contributed by atoms with van der Waals surface area (Å²) in [5.41, 5.74) is 2.74. The van der Waals surface area contributed by atoms with Gasteiger partial charge in [0.15, 0.2) is 0 Å². The summed E-state index contributed by atoms with van der Waals surface area (Å²) in [7, 11) is 0. The predicted molar refractivity (Wildman–Crippen MR) is 77.4 cm³/mol. The van der Waals surface area contributed by atoms with Crippen molar-refractivity contribution in [3.63, 3.8) is 0 Å². The van der Waals surface area contributed by atoms with Gasteiger partial charge < -0.3 is 4.74 Å². The molecule has 0 atom stereocenters. The van der Waals surface area contributed by atoms with E-state index < -0.39 is 0 Å². The minimum absolute atomic E-state index is 0.202. The number of nitrogens with zero attached hydrogens (tertiary/aromatic N) is 2. The molecule has 0 amide bonds. The quantitative estimate of drug-likeness (QED) is 0.617. The third-order valence-corrected chi connectivity index (χ3v) is 2.90. The molecule has 0 aliphatic heterocycles. The van der Waals surface area contributed by atoms with Gasteiger partial charge in [0.1, 0.15) is 5.75 Å². The molecule has 0 radical (unpaired) electrons. The first kappa shape index (κ1) is 14.2. The summed E-state index contributed by atoms with van der Waals surface area (Å²) >= 11 is 0. The second-order valence-electron chi connectivity index (χ2n) is 4.49. The molecular weight excluding hydrogens is 252 g/mol. The topological polar surface area (TPSA) is 52.1 Å². The van der Waals surface area contributed by atoms with E-state index in [0.717, 1.165) is 29.8 Å². The highest BCUT2D eigenvalue weighted by Crippen LogP contribution is 2.20. The number of aromatic nitrogens is 2. The van der Waals surface area contributed by atoms with Crippen molar-refractivity contribution in [2.24, 2.45) is 0 Å². The molecule has 0 unspecified atom stereocenters. The van der Waals surface area contributed by atoms with E-state index in [9.17, 15) is 4.79 Å². The Bertz CT molecular complexity index is 562.